The third-order valence-electron chi connectivity index (χ3n) is 4.47. The minimum absolute atomic E-state index is 0.236. The van der Waals surface area contributed by atoms with Crippen LogP contribution in [0, 0.1) is 11.3 Å². The van der Waals surface area contributed by atoms with E-state index in [-0.39, 0.29) is 5.97 Å². The van der Waals surface area contributed by atoms with Crippen LogP contribution in [-0.4, -0.2) is 13.1 Å². The normalized spacial score (nSPS) is 33.1. The smallest absolute Gasteiger partial charge is 0.330 e. The van der Waals surface area contributed by atoms with Crippen LogP contribution in [0.4, 0.5) is 0 Å². The number of ether oxygens (including phenoxy) is 1. The molecule has 2 heteroatoms. The Bertz CT molecular complexity index is 354. The predicted molar refractivity (Wildman–Crippen MR) is 68.5 cm³/mol. The van der Waals surface area contributed by atoms with Gasteiger partial charge in [0.2, 0.25) is 0 Å². The molecule has 0 radical (unpaired) electrons. The van der Waals surface area contributed by atoms with E-state index in [1.807, 2.05) is 0 Å². The van der Waals surface area contributed by atoms with Crippen LogP contribution in [0.1, 0.15) is 45.4 Å². The third kappa shape index (κ3) is 2.46. The van der Waals surface area contributed by atoms with Crippen LogP contribution in [0.2, 0.25) is 0 Å². The summed E-state index contributed by atoms with van der Waals surface area (Å²) in [7, 11) is 1.43. The lowest BCUT2D eigenvalue weighted by Gasteiger charge is -2.45. The van der Waals surface area contributed by atoms with E-state index in [1.165, 1.54) is 45.6 Å². The van der Waals surface area contributed by atoms with E-state index in [9.17, 15) is 4.79 Å². The van der Waals surface area contributed by atoms with Crippen molar-refractivity contribution in [2.75, 3.05) is 7.11 Å². The summed E-state index contributed by atoms with van der Waals surface area (Å²) in [6.45, 7) is 2.36. The van der Waals surface area contributed by atoms with E-state index in [4.69, 9.17) is 0 Å². The lowest BCUT2D eigenvalue weighted by atomic mass is 9.60. The highest BCUT2D eigenvalue weighted by atomic mass is 16.5. The Morgan fingerprint density at radius 1 is 1.53 bits per heavy atom. The topological polar surface area (TPSA) is 26.3 Å². The Kier molecular flexibility index (Phi) is 3.70. The first-order valence-corrected chi connectivity index (χ1v) is 6.62. The minimum Gasteiger partial charge on any atom is -0.466 e. The highest BCUT2D eigenvalue weighted by Gasteiger charge is 2.39. The average Bonchev–Trinajstić information content (AvgIpc) is 2.35. The minimum atomic E-state index is -0.236. The average molecular weight is 234 g/mol. The van der Waals surface area contributed by atoms with E-state index >= 15 is 0 Å². The quantitative estimate of drug-likeness (QED) is 0.414. The molecule has 1 saturated carbocycles. The largest absolute Gasteiger partial charge is 0.466 e. The summed E-state index contributed by atoms with van der Waals surface area (Å²) in [5.41, 5.74) is 1.91. The Hall–Kier alpha value is -1.05. The molecule has 17 heavy (non-hydrogen) atoms. The van der Waals surface area contributed by atoms with Crippen LogP contribution >= 0.6 is 0 Å². The fourth-order valence-corrected chi connectivity index (χ4v) is 3.35. The fourth-order valence-electron chi connectivity index (χ4n) is 3.35. The maximum absolute atomic E-state index is 11.2. The van der Waals surface area contributed by atoms with E-state index in [1.54, 1.807) is 11.6 Å². The van der Waals surface area contributed by atoms with Crippen LogP contribution in [-0.2, 0) is 9.53 Å². The van der Waals surface area contributed by atoms with Gasteiger partial charge >= 0.3 is 5.97 Å². The van der Waals surface area contributed by atoms with E-state index in [0.717, 1.165) is 0 Å². The Morgan fingerprint density at radius 3 is 3.12 bits per heavy atom. The van der Waals surface area contributed by atoms with Crippen molar-refractivity contribution < 1.29 is 9.53 Å². The maximum atomic E-state index is 11.2. The summed E-state index contributed by atoms with van der Waals surface area (Å²) in [5.74, 6) is 0.266. The zero-order valence-corrected chi connectivity index (χ0v) is 10.9. The first kappa shape index (κ1) is 12.4. The summed E-state index contributed by atoms with van der Waals surface area (Å²) in [4.78, 5) is 11.2. The van der Waals surface area contributed by atoms with Crippen LogP contribution in [0.5, 0.6) is 0 Å². The number of esters is 1. The van der Waals surface area contributed by atoms with Gasteiger partial charge in [-0.15, -0.1) is 0 Å². The summed E-state index contributed by atoms with van der Waals surface area (Å²) in [6, 6.07) is 0. The number of carbonyl (C=O) groups is 1. The van der Waals surface area contributed by atoms with E-state index in [2.05, 4.69) is 23.8 Å². The van der Waals surface area contributed by atoms with Gasteiger partial charge in [0.1, 0.15) is 0 Å². The molecule has 94 valence electrons. The molecule has 2 aliphatic carbocycles. The van der Waals surface area contributed by atoms with Gasteiger partial charge in [-0.2, -0.15) is 0 Å². The number of allylic oxidation sites excluding steroid dienone is 3. The molecular weight excluding hydrogens is 212 g/mol. The Balaban J connectivity index is 2.16. The summed E-state index contributed by atoms with van der Waals surface area (Å²) in [5, 5.41) is 0. The van der Waals surface area contributed by atoms with Gasteiger partial charge < -0.3 is 4.74 Å². The van der Waals surface area contributed by atoms with Gasteiger partial charge in [-0.1, -0.05) is 24.6 Å². The molecule has 2 nitrogen and oxygen atoms in total. The zero-order chi connectivity index (χ0) is 12.3. The monoisotopic (exact) mass is 234 g/mol. The van der Waals surface area contributed by atoms with Crippen molar-refractivity contribution in [1.82, 2.24) is 0 Å². The second-order valence-corrected chi connectivity index (χ2v) is 5.42. The van der Waals surface area contributed by atoms with Gasteiger partial charge in [-0.3, -0.25) is 0 Å². The van der Waals surface area contributed by atoms with E-state index < -0.39 is 0 Å². The standard InChI is InChI=1S/C15H22O2/c1-15-11-4-3-6-12(15)7-5-8-13(15)9-10-14(16)17-2/h6,9-10,13H,3-5,7-8,11H2,1-2H3/b10-9+/t13-,15+/m1/s1. The molecule has 0 bridgehead atoms. The van der Waals surface area contributed by atoms with Crippen LogP contribution in [0.15, 0.2) is 23.8 Å². The number of rotatable bonds is 2. The molecule has 0 saturated heterocycles. The van der Waals surface area contributed by atoms with Gasteiger partial charge in [0.15, 0.2) is 0 Å². The molecule has 0 amide bonds. The lowest BCUT2D eigenvalue weighted by molar-refractivity contribution is -0.134. The number of carbonyl (C=O) groups excluding carboxylic acids is 1. The van der Waals surface area contributed by atoms with Crippen molar-refractivity contribution in [1.29, 1.82) is 0 Å². The van der Waals surface area contributed by atoms with Gasteiger partial charge in [0.05, 0.1) is 7.11 Å². The molecule has 0 spiro atoms. The first-order valence-electron chi connectivity index (χ1n) is 6.62. The summed E-state index contributed by atoms with van der Waals surface area (Å²) < 4.78 is 4.67. The van der Waals surface area contributed by atoms with Crippen molar-refractivity contribution in [2.45, 2.75) is 45.4 Å². The first-order chi connectivity index (χ1) is 8.16. The molecule has 2 aliphatic rings. The molecular formula is C15H22O2. The molecule has 0 aliphatic heterocycles. The van der Waals surface area contributed by atoms with Gasteiger partial charge in [0.25, 0.3) is 0 Å². The van der Waals surface area contributed by atoms with Crippen LogP contribution in [0.3, 0.4) is 0 Å². The number of hydrogen-bond acceptors (Lipinski definition) is 2. The number of methoxy groups -OCH3 is 1. The van der Waals surface area contributed by atoms with Gasteiger partial charge in [-0.05, 0) is 49.9 Å². The maximum Gasteiger partial charge on any atom is 0.330 e. The zero-order valence-electron chi connectivity index (χ0n) is 10.9. The van der Waals surface area contributed by atoms with Gasteiger partial charge in [-0.25, -0.2) is 4.79 Å². The van der Waals surface area contributed by atoms with Crippen LogP contribution < -0.4 is 0 Å². The second kappa shape index (κ2) is 5.07. The second-order valence-electron chi connectivity index (χ2n) is 5.42. The van der Waals surface area contributed by atoms with Crippen molar-refractivity contribution in [3.05, 3.63) is 23.8 Å². The predicted octanol–water partition coefficient (Wildman–Crippen LogP) is 3.63. The van der Waals surface area contributed by atoms with E-state index in [0.29, 0.717) is 11.3 Å². The molecule has 1 fully saturated rings. The molecule has 0 N–H and O–H groups in total. The molecule has 0 unspecified atom stereocenters. The molecule has 2 rings (SSSR count). The molecule has 0 aromatic rings. The lowest BCUT2D eigenvalue weighted by Crippen LogP contribution is -2.33. The fraction of sp³-hybridized carbons (Fsp3) is 0.667. The summed E-state index contributed by atoms with van der Waals surface area (Å²) >= 11 is 0. The number of fused-ring (bicyclic) bond motifs is 1. The number of hydrogen-bond donors (Lipinski definition) is 0. The SMILES string of the molecule is COC(=O)/C=C/[C@H]1CCCC2=CCCC[C@@]21C. The highest BCUT2D eigenvalue weighted by molar-refractivity contribution is 5.81. The van der Waals surface area contributed by atoms with Crippen molar-refractivity contribution in [3.63, 3.8) is 0 Å². The molecule has 0 aromatic heterocycles. The van der Waals surface area contributed by atoms with Crippen molar-refractivity contribution >= 4 is 5.97 Å². The Morgan fingerprint density at radius 2 is 2.35 bits per heavy atom. The summed E-state index contributed by atoms with van der Waals surface area (Å²) in [6.07, 6.45) is 13.6. The van der Waals surface area contributed by atoms with Crippen LogP contribution in [0.25, 0.3) is 0 Å². The Labute approximate surface area is 104 Å². The highest BCUT2D eigenvalue weighted by Crippen LogP contribution is 2.51. The van der Waals surface area contributed by atoms with Gasteiger partial charge in [0, 0.05) is 6.08 Å². The molecule has 0 aromatic carbocycles. The molecule has 2 atom stereocenters. The van der Waals surface area contributed by atoms with Crippen molar-refractivity contribution in [3.8, 4) is 0 Å². The van der Waals surface area contributed by atoms with Crippen molar-refractivity contribution in [2.24, 2.45) is 11.3 Å². The molecule has 0 heterocycles. The third-order valence-corrected chi connectivity index (χ3v) is 4.47.